The van der Waals surface area contributed by atoms with Crippen LogP contribution >= 0.6 is 0 Å². The van der Waals surface area contributed by atoms with E-state index in [0.717, 1.165) is 11.8 Å². The third kappa shape index (κ3) is 3.46. The smallest absolute Gasteiger partial charge is 0.160 e. The summed E-state index contributed by atoms with van der Waals surface area (Å²) >= 11 is 0. The van der Waals surface area contributed by atoms with Gasteiger partial charge in [-0.05, 0) is 57.8 Å². The van der Waals surface area contributed by atoms with Gasteiger partial charge in [0.25, 0.3) is 0 Å². The second-order valence-electron chi connectivity index (χ2n) is 7.04. The molecule has 2 rings (SSSR count). The molecule has 0 amide bonds. The second kappa shape index (κ2) is 5.48. The number of hydrogen-bond acceptors (Lipinski definition) is 3. The summed E-state index contributed by atoms with van der Waals surface area (Å²) < 4.78 is 11.2. The molecule has 2 bridgehead atoms. The maximum atomic E-state index is 10.4. The number of hydrogen-bond donors (Lipinski definition) is 1. The Labute approximate surface area is 111 Å². The van der Waals surface area contributed by atoms with Crippen molar-refractivity contribution in [3.8, 4) is 0 Å². The lowest BCUT2D eigenvalue weighted by Crippen LogP contribution is -2.35. The fraction of sp³-hybridized carbons (Fsp3) is 1.00. The van der Waals surface area contributed by atoms with Gasteiger partial charge in [0.2, 0.25) is 0 Å². The van der Waals surface area contributed by atoms with Gasteiger partial charge in [-0.2, -0.15) is 0 Å². The maximum absolute atomic E-state index is 10.4. The molecule has 5 unspecified atom stereocenters. The molecule has 2 aliphatic carbocycles. The molecule has 0 aromatic heterocycles. The highest BCUT2D eigenvalue weighted by Crippen LogP contribution is 2.50. The van der Waals surface area contributed by atoms with Crippen molar-refractivity contribution in [2.75, 3.05) is 7.11 Å². The molecule has 0 radical (unpaired) electrons. The summed E-state index contributed by atoms with van der Waals surface area (Å²) in [4.78, 5) is 0. The Morgan fingerprint density at radius 2 is 1.94 bits per heavy atom. The zero-order chi connectivity index (χ0) is 13.3. The number of ether oxygens (including phenoxy) is 2. The van der Waals surface area contributed by atoms with Crippen molar-refractivity contribution in [2.24, 2.45) is 17.8 Å². The first kappa shape index (κ1) is 14.3. The Balaban J connectivity index is 1.84. The van der Waals surface area contributed by atoms with Crippen LogP contribution in [0.15, 0.2) is 0 Å². The normalized spacial score (nSPS) is 34.8. The van der Waals surface area contributed by atoms with E-state index in [2.05, 4.69) is 0 Å². The van der Waals surface area contributed by atoms with Gasteiger partial charge in [-0.1, -0.05) is 6.42 Å². The average molecular weight is 256 g/mol. The molecule has 0 aromatic rings. The third-order valence-corrected chi connectivity index (χ3v) is 4.47. The summed E-state index contributed by atoms with van der Waals surface area (Å²) in [5.74, 6) is 2.10. The predicted molar refractivity (Wildman–Crippen MR) is 71.2 cm³/mol. The monoisotopic (exact) mass is 256 g/mol. The van der Waals surface area contributed by atoms with Crippen molar-refractivity contribution in [3.05, 3.63) is 0 Å². The molecule has 0 spiro atoms. The van der Waals surface area contributed by atoms with Crippen LogP contribution in [0.25, 0.3) is 0 Å². The lowest BCUT2D eigenvalue weighted by Gasteiger charge is -2.32. The zero-order valence-corrected chi connectivity index (χ0v) is 12.2. The van der Waals surface area contributed by atoms with Gasteiger partial charge in [0.1, 0.15) is 0 Å². The van der Waals surface area contributed by atoms with Crippen molar-refractivity contribution in [1.29, 1.82) is 0 Å². The highest BCUT2D eigenvalue weighted by molar-refractivity contribution is 4.93. The Hall–Kier alpha value is -0.120. The number of fused-ring (bicyclic) bond motifs is 2. The molecule has 0 saturated heterocycles. The lowest BCUT2D eigenvalue weighted by atomic mass is 9.83. The van der Waals surface area contributed by atoms with Gasteiger partial charge in [-0.3, -0.25) is 0 Å². The standard InChI is InChI=1S/C15H28O3/c1-15(2,3)18-14(17-4)9-13(16)12-8-10-5-6-11(12)7-10/h10-14,16H,5-9H2,1-4H3. The molecule has 5 atom stereocenters. The highest BCUT2D eigenvalue weighted by atomic mass is 16.7. The van der Waals surface area contributed by atoms with Gasteiger partial charge >= 0.3 is 0 Å². The van der Waals surface area contributed by atoms with Crippen molar-refractivity contribution >= 4 is 0 Å². The average Bonchev–Trinajstić information content (AvgIpc) is 2.87. The molecule has 106 valence electrons. The Morgan fingerprint density at radius 1 is 1.22 bits per heavy atom. The number of rotatable bonds is 5. The molecule has 2 aliphatic rings. The van der Waals surface area contributed by atoms with Crippen molar-refractivity contribution < 1.29 is 14.6 Å². The fourth-order valence-corrected chi connectivity index (χ4v) is 3.72. The molecule has 3 nitrogen and oxygen atoms in total. The zero-order valence-electron chi connectivity index (χ0n) is 12.2. The summed E-state index contributed by atoms with van der Waals surface area (Å²) in [6.07, 6.45) is 5.26. The van der Waals surface area contributed by atoms with Crippen LogP contribution in [0.5, 0.6) is 0 Å². The third-order valence-electron chi connectivity index (χ3n) is 4.47. The quantitative estimate of drug-likeness (QED) is 0.769. The van der Waals surface area contributed by atoms with Gasteiger partial charge < -0.3 is 14.6 Å². The van der Waals surface area contributed by atoms with Crippen molar-refractivity contribution in [3.63, 3.8) is 0 Å². The minimum absolute atomic E-state index is 0.227. The highest BCUT2D eigenvalue weighted by Gasteiger charge is 2.43. The SMILES string of the molecule is COC(CC(O)C1CC2CCC1C2)OC(C)(C)C. The van der Waals surface area contributed by atoms with E-state index >= 15 is 0 Å². The predicted octanol–water partition coefficient (Wildman–Crippen LogP) is 2.96. The van der Waals surface area contributed by atoms with Gasteiger partial charge in [0, 0.05) is 13.5 Å². The van der Waals surface area contributed by atoms with Crippen LogP contribution in [0.1, 0.15) is 52.9 Å². The van der Waals surface area contributed by atoms with Crippen molar-refractivity contribution in [1.82, 2.24) is 0 Å². The van der Waals surface area contributed by atoms with Crippen LogP contribution in [0, 0.1) is 17.8 Å². The summed E-state index contributed by atoms with van der Waals surface area (Å²) in [7, 11) is 1.66. The van der Waals surface area contributed by atoms with E-state index in [1.165, 1.54) is 25.7 Å². The van der Waals surface area contributed by atoms with Gasteiger partial charge in [0.05, 0.1) is 11.7 Å². The fourth-order valence-electron chi connectivity index (χ4n) is 3.72. The summed E-state index contributed by atoms with van der Waals surface area (Å²) in [5.41, 5.74) is -0.227. The first-order valence-electron chi connectivity index (χ1n) is 7.27. The maximum Gasteiger partial charge on any atom is 0.160 e. The van der Waals surface area contributed by atoms with E-state index < -0.39 is 0 Å². The van der Waals surface area contributed by atoms with Gasteiger partial charge in [-0.25, -0.2) is 0 Å². The second-order valence-corrected chi connectivity index (χ2v) is 7.04. The van der Waals surface area contributed by atoms with E-state index in [0.29, 0.717) is 12.3 Å². The van der Waals surface area contributed by atoms with Crippen LogP contribution in [-0.2, 0) is 9.47 Å². The number of aliphatic hydroxyl groups excluding tert-OH is 1. The Kier molecular flexibility index (Phi) is 4.35. The van der Waals surface area contributed by atoms with Crippen LogP contribution in [0.3, 0.4) is 0 Å². The minimum Gasteiger partial charge on any atom is -0.393 e. The van der Waals surface area contributed by atoms with Crippen LogP contribution in [-0.4, -0.2) is 30.2 Å². The molecule has 0 aromatic carbocycles. The first-order valence-corrected chi connectivity index (χ1v) is 7.27. The Bertz CT molecular complexity index is 271. The molecular weight excluding hydrogens is 228 g/mol. The topological polar surface area (TPSA) is 38.7 Å². The van der Waals surface area contributed by atoms with Crippen molar-refractivity contribution in [2.45, 2.75) is 70.9 Å². The van der Waals surface area contributed by atoms with E-state index in [9.17, 15) is 5.11 Å². The van der Waals surface area contributed by atoms with Gasteiger partial charge in [0.15, 0.2) is 6.29 Å². The molecule has 1 N–H and O–H groups in total. The molecular formula is C15H28O3. The van der Waals surface area contributed by atoms with Crippen LogP contribution in [0.2, 0.25) is 0 Å². The molecule has 3 heteroatoms. The summed E-state index contributed by atoms with van der Waals surface area (Å²) in [5, 5.41) is 10.4. The number of aliphatic hydroxyl groups is 1. The number of methoxy groups -OCH3 is 1. The van der Waals surface area contributed by atoms with Crippen LogP contribution in [0.4, 0.5) is 0 Å². The molecule has 2 fully saturated rings. The molecule has 2 saturated carbocycles. The molecule has 0 aliphatic heterocycles. The van der Waals surface area contributed by atoms with Gasteiger partial charge in [-0.15, -0.1) is 0 Å². The van der Waals surface area contributed by atoms with E-state index in [-0.39, 0.29) is 18.0 Å². The van der Waals surface area contributed by atoms with E-state index in [4.69, 9.17) is 9.47 Å². The summed E-state index contributed by atoms with van der Waals surface area (Å²) in [6, 6.07) is 0. The molecule has 18 heavy (non-hydrogen) atoms. The van der Waals surface area contributed by atoms with E-state index in [1.807, 2.05) is 20.8 Å². The minimum atomic E-state index is -0.292. The Morgan fingerprint density at radius 3 is 2.39 bits per heavy atom. The van der Waals surface area contributed by atoms with Crippen LogP contribution < -0.4 is 0 Å². The first-order chi connectivity index (χ1) is 8.39. The van der Waals surface area contributed by atoms with E-state index in [1.54, 1.807) is 7.11 Å². The lowest BCUT2D eigenvalue weighted by molar-refractivity contribution is -0.197. The summed E-state index contributed by atoms with van der Waals surface area (Å²) in [6.45, 7) is 6.05. The molecule has 0 heterocycles. The largest absolute Gasteiger partial charge is 0.393 e.